The average Bonchev–Trinajstić information content (AvgIpc) is 2.75. The summed E-state index contributed by atoms with van der Waals surface area (Å²) in [6, 6.07) is 4.06. The van der Waals surface area contributed by atoms with E-state index in [0.717, 1.165) is 11.3 Å². The van der Waals surface area contributed by atoms with Crippen molar-refractivity contribution < 1.29 is 0 Å². The van der Waals surface area contributed by atoms with Gasteiger partial charge in [-0.05, 0) is 53.1 Å². The highest BCUT2D eigenvalue weighted by Crippen LogP contribution is 2.17. The van der Waals surface area contributed by atoms with Crippen molar-refractivity contribution >= 4 is 0 Å². The van der Waals surface area contributed by atoms with E-state index in [0.29, 0.717) is 6.54 Å². The standard InChI is InChI=1S/C10H13N5/c1-7-3-10(15-6-12-13-14-15)4-9(5-11)8(7)2/h3-4,6H,5,11H2,1-2H3. The molecule has 2 aromatic rings. The van der Waals surface area contributed by atoms with E-state index < -0.39 is 0 Å². The Morgan fingerprint density at radius 1 is 1.33 bits per heavy atom. The summed E-state index contributed by atoms with van der Waals surface area (Å²) in [5.74, 6) is 0. The van der Waals surface area contributed by atoms with Gasteiger partial charge in [0, 0.05) is 6.54 Å². The van der Waals surface area contributed by atoms with Gasteiger partial charge in [-0.2, -0.15) is 0 Å². The van der Waals surface area contributed by atoms with Gasteiger partial charge in [0.2, 0.25) is 0 Å². The molecule has 0 saturated carbocycles. The number of aromatic nitrogens is 4. The van der Waals surface area contributed by atoms with Gasteiger partial charge in [0.15, 0.2) is 0 Å². The highest BCUT2D eigenvalue weighted by molar-refractivity contribution is 5.44. The monoisotopic (exact) mass is 203 g/mol. The SMILES string of the molecule is Cc1cc(-n2cnnn2)cc(CN)c1C. The van der Waals surface area contributed by atoms with Crippen LogP contribution in [0.15, 0.2) is 18.5 Å². The molecule has 1 aromatic carbocycles. The number of benzene rings is 1. The zero-order valence-electron chi connectivity index (χ0n) is 8.81. The van der Waals surface area contributed by atoms with Gasteiger partial charge in [-0.3, -0.25) is 0 Å². The van der Waals surface area contributed by atoms with E-state index in [2.05, 4.69) is 29.4 Å². The molecule has 2 rings (SSSR count). The molecule has 5 heteroatoms. The number of rotatable bonds is 2. The van der Waals surface area contributed by atoms with Gasteiger partial charge in [-0.15, -0.1) is 5.10 Å². The number of nitrogens with zero attached hydrogens (tertiary/aromatic N) is 4. The Balaban J connectivity index is 2.55. The molecule has 78 valence electrons. The number of hydrogen-bond donors (Lipinski definition) is 1. The van der Waals surface area contributed by atoms with E-state index >= 15 is 0 Å². The Kier molecular flexibility index (Phi) is 2.47. The van der Waals surface area contributed by atoms with E-state index in [-0.39, 0.29) is 0 Å². The Hall–Kier alpha value is -1.75. The molecule has 0 aliphatic carbocycles. The van der Waals surface area contributed by atoms with Crippen LogP contribution >= 0.6 is 0 Å². The molecule has 15 heavy (non-hydrogen) atoms. The van der Waals surface area contributed by atoms with E-state index in [1.165, 1.54) is 11.1 Å². The van der Waals surface area contributed by atoms with Crippen LogP contribution in [0.2, 0.25) is 0 Å². The first-order chi connectivity index (χ1) is 7.22. The van der Waals surface area contributed by atoms with E-state index in [9.17, 15) is 0 Å². The summed E-state index contributed by atoms with van der Waals surface area (Å²) in [6.07, 6.45) is 1.57. The lowest BCUT2D eigenvalue weighted by Crippen LogP contribution is -2.04. The van der Waals surface area contributed by atoms with Crippen LogP contribution in [0, 0.1) is 13.8 Å². The van der Waals surface area contributed by atoms with Crippen molar-refractivity contribution in [2.75, 3.05) is 0 Å². The normalized spacial score (nSPS) is 10.6. The topological polar surface area (TPSA) is 69.6 Å². The number of tetrazole rings is 1. The molecule has 1 heterocycles. The molecule has 0 spiro atoms. The third-order valence-electron chi connectivity index (χ3n) is 2.59. The molecule has 0 aliphatic rings. The second-order valence-electron chi connectivity index (χ2n) is 3.51. The molecule has 0 bridgehead atoms. The summed E-state index contributed by atoms with van der Waals surface area (Å²) in [6.45, 7) is 4.66. The fourth-order valence-corrected chi connectivity index (χ4v) is 1.54. The Morgan fingerprint density at radius 3 is 2.73 bits per heavy atom. The van der Waals surface area contributed by atoms with E-state index in [1.54, 1.807) is 11.0 Å². The number of nitrogens with two attached hydrogens (primary N) is 1. The minimum absolute atomic E-state index is 0.530. The van der Waals surface area contributed by atoms with Crippen LogP contribution in [0.25, 0.3) is 5.69 Å². The largest absolute Gasteiger partial charge is 0.326 e. The first kappa shape index (κ1) is 9.79. The van der Waals surface area contributed by atoms with E-state index in [1.807, 2.05) is 12.1 Å². The minimum Gasteiger partial charge on any atom is -0.326 e. The summed E-state index contributed by atoms with van der Waals surface area (Å²) in [4.78, 5) is 0. The van der Waals surface area contributed by atoms with Crippen LogP contribution in [0.4, 0.5) is 0 Å². The summed E-state index contributed by atoms with van der Waals surface area (Å²) in [5.41, 5.74) is 10.2. The van der Waals surface area contributed by atoms with Crippen molar-refractivity contribution in [1.82, 2.24) is 20.2 Å². The van der Waals surface area contributed by atoms with Crippen LogP contribution in [-0.2, 0) is 6.54 Å². The van der Waals surface area contributed by atoms with Crippen LogP contribution in [0.1, 0.15) is 16.7 Å². The predicted octanol–water partition coefficient (Wildman–Crippen LogP) is 0.738. The first-order valence-corrected chi connectivity index (χ1v) is 4.76. The van der Waals surface area contributed by atoms with Crippen molar-refractivity contribution in [1.29, 1.82) is 0 Å². The van der Waals surface area contributed by atoms with Crippen molar-refractivity contribution in [3.05, 3.63) is 35.2 Å². The molecule has 0 atom stereocenters. The minimum atomic E-state index is 0.530. The van der Waals surface area contributed by atoms with Crippen LogP contribution in [0.5, 0.6) is 0 Å². The van der Waals surface area contributed by atoms with Gasteiger partial charge < -0.3 is 5.73 Å². The zero-order chi connectivity index (χ0) is 10.8. The summed E-state index contributed by atoms with van der Waals surface area (Å²) >= 11 is 0. The highest BCUT2D eigenvalue weighted by Gasteiger charge is 2.05. The zero-order valence-corrected chi connectivity index (χ0v) is 8.81. The molecular weight excluding hydrogens is 190 g/mol. The molecule has 0 aliphatic heterocycles. The molecule has 0 unspecified atom stereocenters. The van der Waals surface area contributed by atoms with Gasteiger partial charge in [-0.25, -0.2) is 4.68 Å². The van der Waals surface area contributed by atoms with Gasteiger partial charge in [0.25, 0.3) is 0 Å². The molecule has 0 amide bonds. The fraction of sp³-hybridized carbons (Fsp3) is 0.300. The molecule has 0 radical (unpaired) electrons. The predicted molar refractivity (Wildman–Crippen MR) is 56.5 cm³/mol. The molecule has 0 fully saturated rings. The Morgan fingerprint density at radius 2 is 2.13 bits per heavy atom. The third kappa shape index (κ3) is 1.73. The van der Waals surface area contributed by atoms with Gasteiger partial charge in [0.1, 0.15) is 6.33 Å². The summed E-state index contributed by atoms with van der Waals surface area (Å²) in [7, 11) is 0. The smallest absolute Gasteiger partial charge is 0.143 e. The van der Waals surface area contributed by atoms with E-state index in [4.69, 9.17) is 5.73 Å². The van der Waals surface area contributed by atoms with Crippen LogP contribution in [0.3, 0.4) is 0 Å². The maximum absolute atomic E-state index is 5.68. The first-order valence-electron chi connectivity index (χ1n) is 4.76. The Labute approximate surface area is 87.9 Å². The summed E-state index contributed by atoms with van der Waals surface area (Å²) < 4.78 is 1.63. The van der Waals surface area contributed by atoms with Gasteiger partial charge in [0.05, 0.1) is 5.69 Å². The lowest BCUT2D eigenvalue weighted by Gasteiger charge is -2.09. The average molecular weight is 203 g/mol. The number of hydrogen-bond acceptors (Lipinski definition) is 4. The lowest BCUT2D eigenvalue weighted by atomic mass is 10.0. The lowest BCUT2D eigenvalue weighted by molar-refractivity contribution is 0.786. The Bertz CT molecular complexity index is 461. The quantitative estimate of drug-likeness (QED) is 0.781. The van der Waals surface area contributed by atoms with Crippen LogP contribution < -0.4 is 5.73 Å². The van der Waals surface area contributed by atoms with Crippen molar-refractivity contribution in [2.45, 2.75) is 20.4 Å². The fourth-order valence-electron chi connectivity index (χ4n) is 1.54. The van der Waals surface area contributed by atoms with Crippen LogP contribution in [-0.4, -0.2) is 20.2 Å². The maximum Gasteiger partial charge on any atom is 0.143 e. The molecule has 5 nitrogen and oxygen atoms in total. The van der Waals surface area contributed by atoms with Crippen molar-refractivity contribution in [2.24, 2.45) is 5.73 Å². The number of aryl methyl sites for hydroxylation is 1. The maximum atomic E-state index is 5.68. The van der Waals surface area contributed by atoms with Gasteiger partial charge >= 0.3 is 0 Å². The highest BCUT2D eigenvalue weighted by atomic mass is 15.5. The summed E-state index contributed by atoms with van der Waals surface area (Å²) in [5, 5.41) is 11.1. The second kappa shape index (κ2) is 3.78. The van der Waals surface area contributed by atoms with Crippen molar-refractivity contribution in [3.63, 3.8) is 0 Å². The molecular formula is C10H13N5. The third-order valence-corrected chi connectivity index (χ3v) is 2.59. The van der Waals surface area contributed by atoms with Crippen molar-refractivity contribution in [3.8, 4) is 5.69 Å². The second-order valence-corrected chi connectivity index (χ2v) is 3.51. The van der Waals surface area contributed by atoms with Gasteiger partial charge in [-0.1, -0.05) is 0 Å². The molecule has 1 aromatic heterocycles. The molecule has 0 saturated heterocycles. The molecule has 2 N–H and O–H groups in total.